The van der Waals surface area contributed by atoms with Crippen LogP contribution in [0.1, 0.15) is 32.9 Å². The molecule has 0 radical (unpaired) electrons. The van der Waals surface area contributed by atoms with E-state index in [-0.39, 0.29) is 11.3 Å². The lowest BCUT2D eigenvalue weighted by Crippen LogP contribution is -2.19. The number of anilines is 1. The molecule has 0 aliphatic rings. The van der Waals surface area contributed by atoms with Crippen LogP contribution in [-0.4, -0.2) is 15.3 Å². The number of carbonyl (C=O) groups is 1. The van der Waals surface area contributed by atoms with Crippen molar-refractivity contribution >= 4 is 17.2 Å². The lowest BCUT2D eigenvalue weighted by atomic mass is 9.92. The van der Waals surface area contributed by atoms with E-state index in [0.717, 1.165) is 17.0 Å². The zero-order chi connectivity index (χ0) is 13.3. The molecule has 0 fully saturated rings. The minimum absolute atomic E-state index is 0.000220. The van der Waals surface area contributed by atoms with Crippen LogP contribution in [0.15, 0.2) is 24.5 Å². The molecule has 1 N–H and O–H groups in total. The highest BCUT2D eigenvalue weighted by Crippen LogP contribution is 2.19. The van der Waals surface area contributed by atoms with Crippen molar-refractivity contribution < 1.29 is 4.79 Å². The minimum Gasteiger partial charge on any atom is -0.325 e. The third kappa shape index (κ3) is 3.09. The summed E-state index contributed by atoms with van der Waals surface area (Å²) in [7, 11) is 0. The number of hydrogen-bond acceptors (Lipinski definition) is 2. The number of nitrogens with zero attached hydrogens (tertiary/aromatic N) is 2. The topological polar surface area (TPSA) is 46.4 Å². The number of imidazole rings is 1. The molecule has 2 rings (SSSR count). The molecule has 2 heterocycles. The van der Waals surface area contributed by atoms with Gasteiger partial charge in [0.15, 0.2) is 0 Å². The molecular weight excluding hydrogens is 226 g/mol. The van der Waals surface area contributed by atoms with E-state index >= 15 is 0 Å². The van der Waals surface area contributed by atoms with Crippen molar-refractivity contribution in [3.8, 4) is 0 Å². The Morgan fingerprint density at radius 2 is 2.06 bits per heavy atom. The molecule has 4 heteroatoms. The van der Waals surface area contributed by atoms with Gasteiger partial charge in [-0.1, -0.05) is 20.8 Å². The van der Waals surface area contributed by atoms with E-state index in [1.807, 2.05) is 35.9 Å². The Hall–Kier alpha value is -1.84. The summed E-state index contributed by atoms with van der Waals surface area (Å²) in [6.45, 7) is 8.10. The Balaban J connectivity index is 2.14. The number of nitrogens with one attached hydrogen (secondary N) is 1. The second-order valence-corrected chi connectivity index (χ2v) is 5.85. The zero-order valence-electron chi connectivity index (χ0n) is 11.3. The predicted octanol–water partition coefficient (Wildman–Crippen LogP) is 3.02. The van der Waals surface area contributed by atoms with Gasteiger partial charge in [-0.05, 0) is 24.5 Å². The largest absolute Gasteiger partial charge is 0.325 e. The summed E-state index contributed by atoms with van der Waals surface area (Å²) in [4.78, 5) is 16.2. The first-order valence-electron chi connectivity index (χ1n) is 6.09. The van der Waals surface area contributed by atoms with Gasteiger partial charge in [-0.25, -0.2) is 4.98 Å². The Kier molecular flexibility index (Phi) is 3.11. The smallest absolute Gasteiger partial charge is 0.224 e. The maximum atomic E-state index is 11.8. The highest BCUT2D eigenvalue weighted by molar-refractivity contribution is 5.91. The van der Waals surface area contributed by atoms with Gasteiger partial charge >= 0.3 is 0 Å². The molecule has 18 heavy (non-hydrogen) atoms. The molecule has 0 aliphatic heterocycles. The van der Waals surface area contributed by atoms with Crippen molar-refractivity contribution in [2.75, 3.05) is 5.32 Å². The molecule has 4 nitrogen and oxygen atoms in total. The summed E-state index contributed by atoms with van der Waals surface area (Å²) >= 11 is 0. The number of aromatic nitrogens is 2. The van der Waals surface area contributed by atoms with E-state index in [4.69, 9.17) is 0 Å². The fourth-order valence-corrected chi connectivity index (χ4v) is 1.88. The van der Waals surface area contributed by atoms with Gasteiger partial charge in [0.1, 0.15) is 5.65 Å². The first kappa shape index (κ1) is 12.6. The standard InChI is InChI=1S/C14H19N3O/c1-10-8-17-9-11(5-6-12(17)15-10)16-13(18)7-14(2,3)4/h5-6,8-9H,7H2,1-4H3,(H,16,18). The van der Waals surface area contributed by atoms with Crippen molar-refractivity contribution in [3.05, 3.63) is 30.2 Å². The number of rotatable bonds is 2. The summed E-state index contributed by atoms with van der Waals surface area (Å²) in [6, 6.07) is 3.78. The highest BCUT2D eigenvalue weighted by atomic mass is 16.1. The molecule has 2 aromatic rings. The Bertz CT molecular complexity index is 578. The van der Waals surface area contributed by atoms with Gasteiger partial charge in [0.25, 0.3) is 0 Å². The predicted molar refractivity (Wildman–Crippen MR) is 72.6 cm³/mol. The number of fused-ring (bicyclic) bond motifs is 1. The van der Waals surface area contributed by atoms with Crippen molar-refractivity contribution in [1.82, 2.24) is 9.38 Å². The number of amides is 1. The number of aryl methyl sites for hydroxylation is 1. The average molecular weight is 245 g/mol. The molecule has 0 aromatic carbocycles. The summed E-state index contributed by atoms with van der Waals surface area (Å²) in [6.07, 6.45) is 4.33. The van der Waals surface area contributed by atoms with Crippen LogP contribution in [0.4, 0.5) is 5.69 Å². The van der Waals surface area contributed by atoms with Crippen LogP contribution in [0.3, 0.4) is 0 Å². The third-order valence-corrected chi connectivity index (χ3v) is 2.55. The lowest BCUT2D eigenvalue weighted by molar-refractivity contribution is -0.117. The fraction of sp³-hybridized carbons (Fsp3) is 0.429. The van der Waals surface area contributed by atoms with Crippen LogP contribution in [-0.2, 0) is 4.79 Å². The third-order valence-electron chi connectivity index (χ3n) is 2.55. The Morgan fingerprint density at radius 1 is 1.33 bits per heavy atom. The molecular formula is C14H19N3O. The summed E-state index contributed by atoms with van der Waals surface area (Å²) < 4.78 is 1.92. The molecule has 0 bridgehead atoms. The molecule has 1 amide bonds. The van der Waals surface area contributed by atoms with Gasteiger partial charge in [0.05, 0.1) is 11.4 Å². The first-order chi connectivity index (χ1) is 8.33. The van der Waals surface area contributed by atoms with E-state index in [1.54, 1.807) is 0 Å². The second kappa shape index (κ2) is 4.44. The van der Waals surface area contributed by atoms with E-state index in [2.05, 4.69) is 31.1 Å². The van der Waals surface area contributed by atoms with Crippen LogP contribution in [0.5, 0.6) is 0 Å². The summed E-state index contributed by atoms with van der Waals surface area (Å²) in [5, 5.41) is 2.91. The SMILES string of the molecule is Cc1cn2cc(NC(=O)CC(C)(C)C)ccc2n1. The van der Waals surface area contributed by atoms with Crippen LogP contribution < -0.4 is 5.32 Å². The van der Waals surface area contributed by atoms with Gasteiger partial charge in [-0.3, -0.25) is 4.79 Å². The quantitative estimate of drug-likeness (QED) is 0.884. The lowest BCUT2D eigenvalue weighted by Gasteiger charge is -2.17. The molecule has 0 aliphatic carbocycles. The monoisotopic (exact) mass is 245 g/mol. The zero-order valence-corrected chi connectivity index (χ0v) is 11.3. The number of hydrogen-bond donors (Lipinski definition) is 1. The maximum Gasteiger partial charge on any atom is 0.224 e. The Labute approximate surface area is 107 Å². The summed E-state index contributed by atoms with van der Waals surface area (Å²) in [5.41, 5.74) is 2.66. The van der Waals surface area contributed by atoms with Gasteiger partial charge in [-0.2, -0.15) is 0 Å². The fourth-order valence-electron chi connectivity index (χ4n) is 1.88. The van der Waals surface area contributed by atoms with Crippen LogP contribution in [0.2, 0.25) is 0 Å². The van der Waals surface area contributed by atoms with Crippen molar-refractivity contribution in [3.63, 3.8) is 0 Å². The summed E-state index contributed by atoms with van der Waals surface area (Å²) in [5.74, 6) is 0.0405. The Morgan fingerprint density at radius 3 is 2.72 bits per heavy atom. The second-order valence-electron chi connectivity index (χ2n) is 5.85. The van der Waals surface area contributed by atoms with E-state index in [9.17, 15) is 4.79 Å². The van der Waals surface area contributed by atoms with Gasteiger partial charge < -0.3 is 9.72 Å². The number of carbonyl (C=O) groups excluding carboxylic acids is 1. The maximum absolute atomic E-state index is 11.8. The van der Waals surface area contributed by atoms with Crippen molar-refractivity contribution in [1.29, 1.82) is 0 Å². The van der Waals surface area contributed by atoms with Gasteiger partial charge in [-0.15, -0.1) is 0 Å². The average Bonchev–Trinajstić information content (AvgIpc) is 2.53. The van der Waals surface area contributed by atoms with E-state index in [1.165, 1.54) is 0 Å². The van der Waals surface area contributed by atoms with Crippen LogP contribution in [0.25, 0.3) is 5.65 Å². The van der Waals surface area contributed by atoms with Crippen molar-refractivity contribution in [2.45, 2.75) is 34.1 Å². The minimum atomic E-state index is -0.000220. The van der Waals surface area contributed by atoms with Crippen LogP contribution >= 0.6 is 0 Å². The first-order valence-corrected chi connectivity index (χ1v) is 6.09. The highest BCUT2D eigenvalue weighted by Gasteiger charge is 2.16. The van der Waals surface area contributed by atoms with E-state index in [0.29, 0.717) is 6.42 Å². The molecule has 2 aromatic heterocycles. The number of pyridine rings is 1. The molecule has 0 saturated heterocycles. The molecule has 96 valence electrons. The van der Waals surface area contributed by atoms with Gasteiger partial charge in [0, 0.05) is 18.8 Å². The van der Waals surface area contributed by atoms with E-state index < -0.39 is 0 Å². The molecule has 0 atom stereocenters. The normalized spacial score (nSPS) is 11.8. The van der Waals surface area contributed by atoms with Crippen molar-refractivity contribution in [2.24, 2.45) is 5.41 Å². The van der Waals surface area contributed by atoms with Gasteiger partial charge in [0.2, 0.25) is 5.91 Å². The molecule has 0 saturated carbocycles. The molecule has 0 unspecified atom stereocenters. The molecule has 0 spiro atoms. The van der Waals surface area contributed by atoms with Crippen LogP contribution in [0, 0.1) is 12.3 Å².